The third kappa shape index (κ3) is 3.13. The van der Waals surface area contributed by atoms with E-state index in [1.54, 1.807) is 11.6 Å². The number of amides is 1. The Kier molecular flexibility index (Phi) is 4.30. The second-order valence-electron chi connectivity index (χ2n) is 5.88. The lowest BCUT2D eigenvalue weighted by molar-refractivity contribution is -0.138. The fourth-order valence-corrected chi connectivity index (χ4v) is 2.83. The normalized spacial score (nSPS) is 20.0. The maximum absolute atomic E-state index is 12.6. The van der Waals surface area contributed by atoms with Crippen LogP contribution in [0.2, 0.25) is 0 Å². The molecule has 1 atom stereocenters. The van der Waals surface area contributed by atoms with E-state index in [4.69, 9.17) is 9.84 Å². The molecule has 0 saturated carbocycles. The second kappa shape index (κ2) is 6.40. The van der Waals surface area contributed by atoms with Crippen LogP contribution in [0.3, 0.4) is 0 Å². The van der Waals surface area contributed by atoms with E-state index >= 15 is 0 Å². The summed E-state index contributed by atoms with van der Waals surface area (Å²) in [5, 5.41) is 19.9. The number of nitrogens with one attached hydrogen (secondary N) is 1. The quantitative estimate of drug-likeness (QED) is 0.845. The van der Waals surface area contributed by atoms with Crippen LogP contribution in [0.5, 0.6) is 0 Å². The molecule has 0 spiro atoms. The number of hydrogen-bond donors (Lipinski definition) is 2. The van der Waals surface area contributed by atoms with Crippen LogP contribution in [0.1, 0.15) is 29.0 Å². The predicted molar refractivity (Wildman–Crippen MR) is 84.0 cm³/mol. The summed E-state index contributed by atoms with van der Waals surface area (Å²) >= 11 is 0. The molecule has 0 radical (unpaired) electrons. The van der Waals surface area contributed by atoms with Crippen LogP contribution in [0.25, 0.3) is 5.69 Å². The maximum Gasteiger partial charge on any atom is 0.305 e. The number of carboxylic acids is 1. The molecule has 1 aliphatic rings. The highest BCUT2D eigenvalue weighted by atomic mass is 16.5. The predicted octanol–water partition coefficient (Wildman–Crippen LogP) is 0.939. The monoisotopic (exact) mass is 330 g/mol. The molecule has 126 valence electrons. The van der Waals surface area contributed by atoms with E-state index in [1.807, 2.05) is 30.3 Å². The Morgan fingerprint density at radius 3 is 2.75 bits per heavy atom. The summed E-state index contributed by atoms with van der Waals surface area (Å²) in [5.74, 6) is -1.42. The van der Waals surface area contributed by atoms with Gasteiger partial charge in [0.2, 0.25) is 0 Å². The van der Waals surface area contributed by atoms with Crippen LogP contribution in [-0.2, 0) is 9.53 Å². The molecule has 2 N–H and O–H groups in total. The summed E-state index contributed by atoms with van der Waals surface area (Å²) in [6.45, 7) is 2.34. The first-order valence-corrected chi connectivity index (χ1v) is 7.60. The highest BCUT2D eigenvalue weighted by Gasteiger charge is 2.39. The van der Waals surface area contributed by atoms with Crippen molar-refractivity contribution in [1.29, 1.82) is 0 Å². The minimum absolute atomic E-state index is 0.176. The third-order valence-corrected chi connectivity index (χ3v) is 4.08. The zero-order valence-corrected chi connectivity index (χ0v) is 13.2. The number of ether oxygens (including phenoxy) is 1. The van der Waals surface area contributed by atoms with E-state index in [9.17, 15) is 9.59 Å². The number of aromatic nitrogens is 3. The number of rotatable bonds is 5. The van der Waals surface area contributed by atoms with Gasteiger partial charge in [-0.25, -0.2) is 4.68 Å². The van der Waals surface area contributed by atoms with Crippen LogP contribution in [0.4, 0.5) is 0 Å². The topological polar surface area (TPSA) is 106 Å². The Balaban J connectivity index is 1.83. The van der Waals surface area contributed by atoms with Gasteiger partial charge in [-0.1, -0.05) is 23.4 Å². The van der Waals surface area contributed by atoms with E-state index in [0.717, 1.165) is 5.69 Å². The first-order chi connectivity index (χ1) is 11.5. The average Bonchev–Trinajstić information content (AvgIpc) is 3.14. The van der Waals surface area contributed by atoms with E-state index in [2.05, 4.69) is 15.6 Å². The van der Waals surface area contributed by atoms with Crippen molar-refractivity contribution in [2.24, 2.45) is 0 Å². The number of aliphatic carboxylic acids is 1. The number of carboxylic acid groups (broad SMARTS) is 1. The summed E-state index contributed by atoms with van der Waals surface area (Å²) in [4.78, 5) is 23.7. The SMILES string of the molecule is Cc1c(C(=O)NC2(CC(=O)O)CCOC2)nnn1-c1ccccc1. The molecule has 0 bridgehead atoms. The molecule has 0 aliphatic carbocycles. The summed E-state index contributed by atoms with van der Waals surface area (Å²) in [5.41, 5.74) is 0.663. The fourth-order valence-electron chi connectivity index (χ4n) is 2.83. The molecule has 1 fully saturated rings. The van der Waals surface area contributed by atoms with Gasteiger partial charge < -0.3 is 15.2 Å². The van der Waals surface area contributed by atoms with Crippen molar-refractivity contribution in [2.45, 2.75) is 25.3 Å². The third-order valence-electron chi connectivity index (χ3n) is 4.08. The molecule has 1 amide bonds. The molecule has 2 aromatic rings. The minimum Gasteiger partial charge on any atom is -0.481 e. The fraction of sp³-hybridized carbons (Fsp3) is 0.375. The summed E-state index contributed by atoms with van der Waals surface area (Å²) < 4.78 is 6.86. The van der Waals surface area contributed by atoms with Gasteiger partial charge in [0, 0.05) is 6.61 Å². The number of para-hydroxylation sites is 1. The molecule has 3 rings (SSSR count). The highest BCUT2D eigenvalue weighted by Crippen LogP contribution is 2.23. The van der Waals surface area contributed by atoms with Gasteiger partial charge in [-0.3, -0.25) is 9.59 Å². The number of nitrogens with zero attached hydrogens (tertiary/aromatic N) is 3. The largest absolute Gasteiger partial charge is 0.481 e. The Bertz CT molecular complexity index is 751. The van der Waals surface area contributed by atoms with Crippen LogP contribution in [0, 0.1) is 6.92 Å². The number of carbonyl (C=O) groups is 2. The van der Waals surface area contributed by atoms with E-state index in [-0.39, 0.29) is 18.7 Å². The maximum atomic E-state index is 12.6. The van der Waals surface area contributed by atoms with Crippen molar-refractivity contribution in [3.63, 3.8) is 0 Å². The van der Waals surface area contributed by atoms with Crippen LogP contribution in [0.15, 0.2) is 30.3 Å². The van der Waals surface area contributed by atoms with Crippen LogP contribution < -0.4 is 5.32 Å². The van der Waals surface area contributed by atoms with Gasteiger partial charge in [-0.05, 0) is 25.5 Å². The molecular weight excluding hydrogens is 312 g/mol. The Morgan fingerprint density at radius 2 is 2.12 bits per heavy atom. The molecular formula is C16H18N4O4. The van der Waals surface area contributed by atoms with Crippen molar-refractivity contribution in [3.8, 4) is 5.69 Å². The standard InChI is InChI=1S/C16H18N4O4/c1-11-14(18-19-20(11)12-5-3-2-4-6-12)15(23)17-16(9-13(21)22)7-8-24-10-16/h2-6H,7-10H2,1H3,(H,17,23)(H,21,22). The van der Waals surface area contributed by atoms with Gasteiger partial charge >= 0.3 is 5.97 Å². The first-order valence-electron chi connectivity index (χ1n) is 7.60. The molecule has 1 aromatic heterocycles. The van der Waals surface area contributed by atoms with Gasteiger partial charge in [0.1, 0.15) is 0 Å². The van der Waals surface area contributed by atoms with Crippen molar-refractivity contribution in [2.75, 3.05) is 13.2 Å². The van der Waals surface area contributed by atoms with Gasteiger partial charge in [-0.15, -0.1) is 5.10 Å². The molecule has 1 saturated heterocycles. The Labute approximate surface area is 138 Å². The van der Waals surface area contributed by atoms with Crippen LogP contribution in [-0.4, -0.2) is 50.7 Å². The van der Waals surface area contributed by atoms with Crippen molar-refractivity contribution in [3.05, 3.63) is 41.7 Å². The average molecular weight is 330 g/mol. The van der Waals surface area contributed by atoms with Crippen molar-refractivity contribution in [1.82, 2.24) is 20.3 Å². The molecule has 8 heteroatoms. The minimum atomic E-state index is -0.981. The summed E-state index contributed by atoms with van der Waals surface area (Å²) in [7, 11) is 0. The first kappa shape index (κ1) is 16.1. The lowest BCUT2D eigenvalue weighted by atomic mass is 9.94. The van der Waals surface area contributed by atoms with Gasteiger partial charge in [0.15, 0.2) is 5.69 Å². The molecule has 2 heterocycles. The number of hydrogen-bond acceptors (Lipinski definition) is 5. The molecule has 8 nitrogen and oxygen atoms in total. The molecule has 24 heavy (non-hydrogen) atoms. The van der Waals surface area contributed by atoms with Gasteiger partial charge in [-0.2, -0.15) is 0 Å². The van der Waals surface area contributed by atoms with Gasteiger partial charge in [0.25, 0.3) is 5.91 Å². The summed E-state index contributed by atoms with van der Waals surface area (Å²) in [6, 6.07) is 9.35. The van der Waals surface area contributed by atoms with E-state index < -0.39 is 17.4 Å². The highest BCUT2D eigenvalue weighted by molar-refractivity contribution is 5.94. The molecule has 1 unspecified atom stereocenters. The Hall–Kier alpha value is -2.74. The van der Waals surface area contributed by atoms with Crippen LogP contribution >= 0.6 is 0 Å². The Morgan fingerprint density at radius 1 is 1.38 bits per heavy atom. The lowest BCUT2D eigenvalue weighted by Crippen LogP contribution is -2.50. The van der Waals surface area contributed by atoms with Gasteiger partial charge in [0.05, 0.1) is 29.9 Å². The van der Waals surface area contributed by atoms with E-state index in [0.29, 0.717) is 18.7 Å². The summed E-state index contributed by atoms with van der Waals surface area (Å²) in [6.07, 6.45) is 0.265. The number of benzene rings is 1. The van der Waals surface area contributed by atoms with Crippen molar-refractivity contribution >= 4 is 11.9 Å². The number of carbonyl (C=O) groups excluding carboxylic acids is 1. The smallest absolute Gasteiger partial charge is 0.305 e. The zero-order valence-electron chi connectivity index (χ0n) is 13.2. The molecule has 1 aliphatic heterocycles. The second-order valence-corrected chi connectivity index (χ2v) is 5.88. The zero-order chi connectivity index (χ0) is 17.2. The lowest BCUT2D eigenvalue weighted by Gasteiger charge is -2.26. The molecule has 1 aromatic carbocycles. The van der Waals surface area contributed by atoms with E-state index in [1.165, 1.54) is 0 Å². The van der Waals surface area contributed by atoms with Crippen molar-refractivity contribution < 1.29 is 19.4 Å².